The number of ether oxygens (including phenoxy) is 1. The Labute approximate surface area is 176 Å². The highest BCUT2D eigenvalue weighted by Gasteiger charge is 2.18. The lowest BCUT2D eigenvalue weighted by Crippen LogP contribution is -2.23. The Morgan fingerprint density at radius 2 is 2.00 bits per heavy atom. The van der Waals surface area contributed by atoms with E-state index in [0.29, 0.717) is 22.9 Å². The predicted octanol–water partition coefficient (Wildman–Crippen LogP) is 2.81. The fourth-order valence-corrected chi connectivity index (χ4v) is 2.91. The third-order valence-corrected chi connectivity index (χ3v) is 4.39. The highest BCUT2D eigenvalue weighted by atomic mass is 19.1. The average molecular weight is 424 g/mol. The summed E-state index contributed by atoms with van der Waals surface area (Å²) in [5.74, 6) is -0.306. The molecule has 0 radical (unpaired) electrons. The van der Waals surface area contributed by atoms with Crippen LogP contribution in [0.2, 0.25) is 0 Å². The van der Waals surface area contributed by atoms with E-state index in [4.69, 9.17) is 11.2 Å². The predicted molar refractivity (Wildman–Crippen MR) is 112 cm³/mol. The molecule has 3 rings (SSSR count). The largest absolute Gasteiger partial charge is 0.454 e. The first-order chi connectivity index (χ1) is 14.8. The van der Waals surface area contributed by atoms with Gasteiger partial charge in [-0.1, -0.05) is 12.1 Å². The van der Waals surface area contributed by atoms with Crippen LogP contribution in [0.4, 0.5) is 14.5 Å². The van der Waals surface area contributed by atoms with Gasteiger partial charge < -0.3 is 15.4 Å². The number of amides is 1. The van der Waals surface area contributed by atoms with Crippen molar-refractivity contribution in [2.24, 2.45) is 7.05 Å². The highest BCUT2D eigenvalue weighted by Crippen LogP contribution is 2.36. The zero-order chi connectivity index (χ0) is 22.5. The fourth-order valence-electron chi connectivity index (χ4n) is 2.91. The first-order valence-corrected chi connectivity index (χ1v) is 9.09. The van der Waals surface area contributed by atoms with E-state index in [0.717, 1.165) is 16.8 Å². The molecule has 2 N–H and O–H groups in total. The molecular weight excluding hydrogens is 406 g/mol. The van der Waals surface area contributed by atoms with E-state index in [1.165, 1.54) is 13.1 Å². The Morgan fingerprint density at radius 3 is 2.68 bits per heavy atom. The summed E-state index contributed by atoms with van der Waals surface area (Å²) in [5, 5.41) is 9.63. The van der Waals surface area contributed by atoms with Gasteiger partial charge in [0.25, 0.3) is 11.5 Å². The molecule has 0 atom stereocenters. The number of rotatable bonds is 6. The normalized spacial score (nSPS) is 10.3. The number of nitrogens with zero attached hydrogens (tertiary/aromatic N) is 2. The van der Waals surface area contributed by atoms with Crippen LogP contribution < -0.4 is 20.9 Å². The van der Waals surface area contributed by atoms with Crippen LogP contribution in [0, 0.1) is 24.0 Å². The van der Waals surface area contributed by atoms with Gasteiger partial charge in [-0.25, -0.2) is 13.5 Å². The van der Waals surface area contributed by atoms with Gasteiger partial charge in [0.2, 0.25) is 0 Å². The van der Waals surface area contributed by atoms with E-state index in [1.54, 1.807) is 25.2 Å². The minimum atomic E-state index is -0.888. The molecule has 1 amide bonds. The monoisotopic (exact) mass is 424 g/mol. The number of benzene rings is 2. The van der Waals surface area contributed by atoms with E-state index in [1.807, 2.05) is 5.92 Å². The van der Waals surface area contributed by atoms with Crippen LogP contribution in [0.25, 0.3) is 11.3 Å². The van der Waals surface area contributed by atoms with Gasteiger partial charge in [0.05, 0.1) is 5.69 Å². The summed E-state index contributed by atoms with van der Waals surface area (Å²) in [4.78, 5) is 23.8. The minimum Gasteiger partial charge on any atom is -0.454 e. The third-order valence-electron chi connectivity index (χ3n) is 4.39. The third kappa shape index (κ3) is 4.70. The average Bonchev–Trinajstić information content (AvgIpc) is 2.75. The Bertz CT molecular complexity index is 1250. The number of aromatic nitrogens is 2. The van der Waals surface area contributed by atoms with E-state index in [2.05, 4.69) is 15.7 Å². The molecule has 2 aromatic carbocycles. The molecule has 0 aliphatic rings. The molecule has 0 unspecified atom stereocenters. The summed E-state index contributed by atoms with van der Waals surface area (Å²) in [7, 11) is 3.07. The molecule has 0 aliphatic carbocycles. The summed E-state index contributed by atoms with van der Waals surface area (Å²) in [6, 6.07) is 9.35. The summed E-state index contributed by atoms with van der Waals surface area (Å²) in [5.41, 5.74) is 1.20. The van der Waals surface area contributed by atoms with Crippen LogP contribution in [0.15, 0.2) is 47.3 Å². The Balaban J connectivity index is 2.17. The van der Waals surface area contributed by atoms with Gasteiger partial charge in [0.15, 0.2) is 11.6 Å². The zero-order valence-electron chi connectivity index (χ0n) is 16.7. The molecule has 0 bridgehead atoms. The van der Waals surface area contributed by atoms with Gasteiger partial charge in [-0.2, -0.15) is 5.10 Å². The SMILES string of the molecule is C#CC(=O)NCc1cccc(Oc2ccc(F)cc2F)c1-c1cc(NC)c(=O)n(C)n1. The molecule has 7 nitrogen and oxygen atoms in total. The van der Waals surface area contributed by atoms with Gasteiger partial charge in [0, 0.05) is 32.3 Å². The molecule has 0 saturated carbocycles. The van der Waals surface area contributed by atoms with Crippen LogP contribution in [-0.2, 0) is 18.4 Å². The van der Waals surface area contributed by atoms with Crippen molar-refractivity contribution >= 4 is 11.6 Å². The van der Waals surface area contributed by atoms with Crippen molar-refractivity contribution in [1.82, 2.24) is 15.1 Å². The molecule has 0 spiro atoms. The van der Waals surface area contributed by atoms with Crippen molar-refractivity contribution in [2.75, 3.05) is 12.4 Å². The maximum absolute atomic E-state index is 14.2. The van der Waals surface area contributed by atoms with Crippen molar-refractivity contribution in [3.05, 3.63) is 70.0 Å². The summed E-state index contributed by atoms with van der Waals surface area (Å²) in [6.45, 7) is 0.0286. The highest BCUT2D eigenvalue weighted by molar-refractivity contribution is 5.92. The molecule has 0 fully saturated rings. The maximum Gasteiger partial charge on any atom is 0.295 e. The number of terminal acetylenes is 1. The van der Waals surface area contributed by atoms with Crippen molar-refractivity contribution < 1.29 is 18.3 Å². The maximum atomic E-state index is 14.2. The van der Waals surface area contributed by atoms with Gasteiger partial charge in [-0.3, -0.25) is 9.59 Å². The second kappa shape index (κ2) is 9.09. The van der Waals surface area contributed by atoms with E-state index in [9.17, 15) is 18.4 Å². The van der Waals surface area contributed by atoms with Gasteiger partial charge in [-0.15, -0.1) is 6.42 Å². The van der Waals surface area contributed by atoms with Crippen LogP contribution in [-0.4, -0.2) is 22.7 Å². The molecule has 3 aromatic rings. The Morgan fingerprint density at radius 1 is 1.23 bits per heavy atom. The van der Waals surface area contributed by atoms with Gasteiger partial charge in [-0.05, 0) is 35.7 Å². The van der Waals surface area contributed by atoms with Crippen LogP contribution in [0.5, 0.6) is 11.5 Å². The van der Waals surface area contributed by atoms with Crippen molar-refractivity contribution in [1.29, 1.82) is 0 Å². The lowest BCUT2D eigenvalue weighted by atomic mass is 10.0. The van der Waals surface area contributed by atoms with Crippen LogP contribution in [0.3, 0.4) is 0 Å². The summed E-state index contributed by atoms with van der Waals surface area (Å²) in [6.07, 6.45) is 5.10. The van der Waals surface area contributed by atoms with Crippen LogP contribution >= 0.6 is 0 Å². The molecule has 0 saturated heterocycles. The number of carbonyl (C=O) groups is 1. The van der Waals surface area contributed by atoms with Crippen molar-refractivity contribution in [2.45, 2.75) is 6.54 Å². The van der Waals surface area contributed by atoms with E-state index in [-0.39, 0.29) is 29.3 Å². The zero-order valence-corrected chi connectivity index (χ0v) is 16.7. The lowest BCUT2D eigenvalue weighted by molar-refractivity contribution is -0.115. The number of carbonyl (C=O) groups excluding carboxylic acids is 1. The number of nitrogens with one attached hydrogen (secondary N) is 2. The lowest BCUT2D eigenvalue weighted by Gasteiger charge is -2.17. The number of hydrogen-bond donors (Lipinski definition) is 2. The Hall–Kier alpha value is -4.19. The van der Waals surface area contributed by atoms with Crippen molar-refractivity contribution in [3.8, 4) is 35.1 Å². The van der Waals surface area contributed by atoms with E-state index >= 15 is 0 Å². The first kappa shape index (κ1) is 21.5. The molecule has 31 heavy (non-hydrogen) atoms. The number of hydrogen-bond acceptors (Lipinski definition) is 5. The van der Waals surface area contributed by atoms with Gasteiger partial charge >= 0.3 is 0 Å². The number of aryl methyl sites for hydroxylation is 1. The van der Waals surface area contributed by atoms with Crippen molar-refractivity contribution in [3.63, 3.8) is 0 Å². The van der Waals surface area contributed by atoms with E-state index < -0.39 is 17.5 Å². The quantitative estimate of drug-likeness (QED) is 0.595. The molecular formula is C22H18F2N4O3. The fraction of sp³-hybridized carbons (Fsp3) is 0.136. The molecule has 158 valence electrons. The van der Waals surface area contributed by atoms with Gasteiger partial charge in [0.1, 0.15) is 17.3 Å². The second-order valence-corrected chi connectivity index (χ2v) is 6.42. The smallest absolute Gasteiger partial charge is 0.295 e. The molecule has 1 aromatic heterocycles. The van der Waals surface area contributed by atoms with Crippen LogP contribution in [0.1, 0.15) is 5.56 Å². The number of halogens is 2. The molecule has 1 heterocycles. The summed E-state index contributed by atoms with van der Waals surface area (Å²) >= 11 is 0. The molecule has 0 aliphatic heterocycles. The Kier molecular flexibility index (Phi) is 6.31. The standard InChI is InChI=1S/C22H18F2N4O3/c1-4-20(29)26-12-13-6-5-7-19(31-18-9-8-14(23)10-15(18)24)21(13)16-11-17(25-2)22(30)28(3)27-16/h1,5-11,25H,12H2,2-3H3,(H,26,29). The topological polar surface area (TPSA) is 85.3 Å². The minimum absolute atomic E-state index is 0.0286. The number of anilines is 1. The molecule has 9 heteroatoms. The first-order valence-electron chi connectivity index (χ1n) is 9.09. The second-order valence-electron chi connectivity index (χ2n) is 6.42. The summed E-state index contributed by atoms with van der Waals surface area (Å²) < 4.78 is 34.3.